The molecule has 0 bridgehead atoms. The van der Waals surface area contributed by atoms with E-state index in [9.17, 15) is 0 Å². The monoisotopic (exact) mass is 540 g/mol. The van der Waals surface area contributed by atoms with Gasteiger partial charge in [0, 0.05) is 0 Å². The summed E-state index contributed by atoms with van der Waals surface area (Å²) in [5, 5.41) is 0. The molecule has 0 spiro atoms. The van der Waals surface area contributed by atoms with E-state index in [0.29, 0.717) is 5.92 Å². The van der Waals surface area contributed by atoms with Crippen molar-refractivity contribution in [2.24, 2.45) is 0 Å². The third-order valence-electron chi connectivity index (χ3n) is 3.81. The van der Waals surface area contributed by atoms with Gasteiger partial charge in [0.05, 0.1) is 0 Å². The normalized spacial score (nSPS) is 15.2. The molecule has 0 N–H and O–H groups in total. The molecular formula is C21H17BrCl2SZr-2. The molecule has 0 amide bonds. The first-order valence-corrected chi connectivity index (χ1v) is 11.8. The average molecular weight is 543 g/mol. The summed E-state index contributed by atoms with van der Waals surface area (Å²) in [6, 6.07) is 17.9. The van der Waals surface area contributed by atoms with Crippen molar-refractivity contribution < 1.29 is 47.5 Å². The molecule has 0 saturated heterocycles. The van der Waals surface area contributed by atoms with Crippen LogP contribution in [-0.2, 0) is 22.7 Å². The molecule has 2 aliphatic rings. The molecule has 1 atom stereocenters. The van der Waals surface area contributed by atoms with Gasteiger partial charge in [-0.25, -0.2) is 11.6 Å². The van der Waals surface area contributed by atoms with Crippen LogP contribution in [0.5, 0.6) is 0 Å². The van der Waals surface area contributed by atoms with Crippen molar-refractivity contribution in [1.82, 2.24) is 0 Å². The molecule has 4 rings (SSSR count). The van der Waals surface area contributed by atoms with E-state index >= 15 is 0 Å². The first-order valence-electron chi connectivity index (χ1n) is 7.62. The summed E-state index contributed by atoms with van der Waals surface area (Å²) in [6.45, 7) is 2.08. The predicted molar refractivity (Wildman–Crippen MR) is 104 cm³/mol. The predicted octanol–water partition coefficient (Wildman–Crippen LogP) is 0.757. The molecule has 0 fully saturated rings. The van der Waals surface area contributed by atoms with Gasteiger partial charge in [-0.3, -0.25) is 6.08 Å². The molecule has 0 heterocycles. The summed E-state index contributed by atoms with van der Waals surface area (Å²) in [6.07, 6.45) is 12.6. The van der Waals surface area contributed by atoms with Gasteiger partial charge in [0.15, 0.2) is 0 Å². The number of hydrogen-bond donors (Lipinski definition) is 0. The summed E-state index contributed by atoms with van der Waals surface area (Å²) in [4.78, 5) is 0. The third kappa shape index (κ3) is 7.09. The Labute approximate surface area is 195 Å². The Kier molecular flexibility index (Phi) is 13.8. The van der Waals surface area contributed by atoms with E-state index < -0.39 is 0 Å². The SMILES string of the molecule is Brc1cc[c-]c2c1C(c1ccccc1)C=C2.CC1=CC[C-]=C1.[Cl-].[Cl-].[S]=[Zr+2]. The van der Waals surface area contributed by atoms with Crippen LogP contribution in [0.25, 0.3) is 6.08 Å². The van der Waals surface area contributed by atoms with E-state index in [1.54, 1.807) is 0 Å². The summed E-state index contributed by atoms with van der Waals surface area (Å²) in [5.74, 6) is 0.364. The topological polar surface area (TPSA) is 0 Å². The number of benzene rings is 2. The summed E-state index contributed by atoms with van der Waals surface area (Å²) in [5.41, 5.74) is 5.20. The zero-order valence-corrected chi connectivity index (χ0v) is 20.5. The summed E-state index contributed by atoms with van der Waals surface area (Å²) in [7, 11) is 4.17. The van der Waals surface area contributed by atoms with Crippen molar-refractivity contribution >= 4 is 30.9 Å². The second-order valence-electron chi connectivity index (χ2n) is 5.40. The second-order valence-corrected chi connectivity index (χ2v) is 6.26. The van der Waals surface area contributed by atoms with Gasteiger partial charge in [-0.2, -0.15) is 6.08 Å². The zero-order valence-electron chi connectivity index (χ0n) is 14.2. The minimum absolute atomic E-state index is 0. The Balaban J connectivity index is 0.000000535. The number of rotatable bonds is 1. The molecule has 2 aliphatic carbocycles. The van der Waals surface area contributed by atoms with E-state index in [-0.39, 0.29) is 24.8 Å². The fourth-order valence-corrected chi connectivity index (χ4v) is 3.27. The van der Waals surface area contributed by atoms with Crippen LogP contribution >= 0.6 is 24.8 Å². The van der Waals surface area contributed by atoms with Gasteiger partial charge in [0.25, 0.3) is 0 Å². The van der Waals surface area contributed by atoms with Crippen LogP contribution in [-0.4, -0.2) is 0 Å². The van der Waals surface area contributed by atoms with E-state index in [0.717, 1.165) is 29.1 Å². The minimum atomic E-state index is 0. The number of allylic oxidation sites excluding steroid dienone is 5. The standard InChI is InChI=1S/C15H10Br.C6H7.2ClH.S.Zr/c16-14-8-4-7-12-9-10-13(15(12)14)11-5-2-1-3-6-11;1-6-4-2-3-5-6;;;;/h1-6,8-10,13H;4-5H,2H2,1H3;2*1H;;/q2*-1;;;;+2/p-2. The molecule has 0 aromatic heterocycles. The molecule has 0 radical (unpaired) electrons. The fraction of sp³-hybridized carbons (Fsp3) is 0.143. The van der Waals surface area contributed by atoms with Gasteiger partial charge in [-0.1, -0.05) is 50.7 Å². The Morgan fingerprint density at radius 1 is 1.12 bits per heavy atom. The van der Waals surface area contributed by atoms with E-state index in [4.69, 9.17) is 0 Å². The number of fused-ring (bicyclic) bond motifs is 1. The molecule has 1 unspecified atom stereocenters. The molecule has 2 aromatic rings. The van der Waals surface area contributed by atoms with E-state index in [1.165, 1.54) is 26.7 Å². The first kappa shape index (κ1) is 25.8. The van der Waals surface area contributed by atoms with E-state index in [2.05, 4.69) is 98.5 Å². The number of halogens is 3. The van der Waals surface area contributed by atoms with Gasteiger partial charge in [0.1, 0.15) is 0 Å². The quantitative estimate of drug-likeness (QED) is 0.479. The van der Waals surface area contributed by atoms with Gasteiger partial charge >= 0.3 is 31.5 Å². The van der Waals surface area contributed by atoms with Crippen molar-refractivity contribution in [3.63, 3.8) is 0 Å². The second kappa shape index (κ2) is 13.9. The fourth-order valence-electron chi connectivity index (χ4n) is 2.68. The Morgan fingerprint density at radius 2 is 1.81 bits per heavy atom. The maximum atomic E-state index is 4.17. The summed E-state index contributed by atoms with van der Waals surface area (Å²) >= 11 is 4.76. The maximum absolute atomic E-state index is 4.17. The molecule has 2 aromatic carbocycles. The molecule has 134 valence electrons. The van der Waals surface area contributed by atoms with Gasteiger partial charge in [0.2, 0.25) is 0 Å². The van der Waals surface area contributed by atoms with Crippen molar-refractivity contribution in [3.05, 3.63) is 99.6 Å². The van der Waals surface area contributed by atoms with Gasteiger partial charge in [-0.05, 0) is 11.5 Å². The van der Waals surface area contributed by atoms with Crippen LogP contribution in [0.1, 0.15) is 36.0 Å². The first-order chi connectivity index (χ1) is 11.8. The Hall–Kier alpha value is -0.177. The van der Waals surface area contributed by atoms with Gasteiger partial charge in [-0.15, -0.1) is 54.8 Å². The zero-order chi connectivity index (χ0) is 17.4. The number of hydrogen-bond acceptors (Lipinski definition) is 1. The molecule has 5 heteroatoms. The molecule has 0 aliphatic heterocycles. The van der Waals surface area contributed by atoms with Gasteiger partial charge < -0.3 is 24.8 Å². The molecular weight excluding hydrogens is 526 g/mol. The van der Waals surface area contributed by atoms with Crippen LogP contribution in [0.3, 0.4) is 0 Å². The van der Waals surface area contributed by atoms with Crippen LogP contribution in [0.2, 0.25) is 0 Å². The molecule has 0 saturated carbocycles. The molecule has 26 heavy (non-hydrogen) atoms. The summed E-state index contributed by atoms with van der Waals surface area (Å²) < 4.78 is 1.17. The third-order valence-corrected chi connectivity index (χ3v) is 4.50. The van der Waals surface area contributed by atoms with Crippen molar-refractivity contribution in [3.8, 4) is 0 Å². The van der Waals surface area contributed by atoms with Crippen LogP contribution in [0.15, 0.2) is 70.7 Å². The average Bonchev–Trinajstić information content (AvgIpc) is 3.28. The van der Waals surface area contributed by atoms with Crippen LogP contribution < -0.4 is 24.8 Å². The van der Waals surface area contributed by atoms with Crippen LogP contribution in [0.4, 0.5) is 0 Å². The Morgan fingerprint density at radius 3 is 2.35 bits per heavy atom. The van der Waals surface area contributed by atoms with E-state index in [1.807, 2.05) is 12.1 Å². The van der Waals surface area contributed by atoms with Crippen molar-refractivity contribution in [1.29, 1.82) is 0 Å². The van der Waals surface area contributed by atoms with Crippen molar-refractivity contribution in [2.45, 2.75) is 19.3 Å². The molecule has 0 nitrogen and oxygen atoms in total. The van der Waals surface area contributed by atoms with Crippen molar-refractivity contribution in [2.75, 3.05) is 0 Å². The Bertz CT molecular complexity index is 770. The van der Waals surface area contributed by atoms with Crippen LogP contribution in [0, 0.1) is 12.1 Å².